The van der Waals surface area contributed by atoms with E-state index in [0.717, 1.165) is 11.4 Å². The van der Waals surface area contributed by atoms with Crippen molar-refractivity contribution in [3.63, 3.8) is 0 Å². The van der Waals surface area contributed by atoms with E-state index in [1.165, 1.54) is 141 Å². The lowest BCUT2D eigenvalue weighted by Crippen LogP contribution is -1.85. The number of aromatic hydroxyl groups is 2. The molecule has 0 radical (unpaired) electrons. The van der Waals surface area contributed by atoms with Crippen molar-refractivity contribution in [3.8, 4) is 11.5 Å². The molecule has 2 N–H and O–H groups in total. The zero-order valence-corrected chi connectivity index (χ0v) is 36.8. The van der Waals surface area contributed by atoms with Gasteiger partial charge in [0.05, 0.1) is 28.3 Å². The van der Waals surface area contributed by atoms with Gasteiger partial charge in [0.1, 0.15) is 11.5 Å². The standard InChI is InChI=1S/C44H56N2O2S6/c1-3-5-7-9-11-13-15-21-27-49-41-42(50-28-22-16-14-12-10-8-6-4-2)54-44(53-41)43-51-39-29-35(45-31-33-23-17-19-25-37(33)47)36(30-40(39)52-43)46-32-34-24-18-20-26-38(34)48/h17-20,23-26,29-32,47-48H,3-16,21-22,27-28H2,1-2H3. The van der Waals surface area contributed by atoms with Crippen molar-refractivity contribution in [2.75, 3.05) is 11.5 Å². The van der Waals surface area contributed by atoms with Gasteiger partial charge in [0.25, 0.3) is 0 Å². The molecule has 3 aromatic carbocycles. The van der Waals surface area contributed by atoms with Gasteiger partial charge in [0.2, 0.25) is 0 Å². The van der Waals surface area contributed by atoms with Crippen LogP contribution in [-0.4, -0.2) is 34.1 Å². The topological polar surface area (TPSA) is 65.2 Å². The Kier molecular flexibility index (Phi) is 19.8. The van der Waals surface area contributed by atoms with Crippen molar-refractivity contribution in [2.24, 2.45) is 9.98 Å². The van der Waals surface area contributed by atoms with Crippen LogP contribution in [0.25, 0.3) is 0 Å². The smallest absolute Gasteiger partial charge is 0.124 e. The molecule has 4 nitrogen and oxygen atoms in total. The maximum atomic E-state index is 10.4. The van der Waals surface area contributed by atoms with E-state index in [9.17, 15) is 10.2 Å². The summed E-state index contributed by atoms with van der Waals surface area (Å²) >= 11 is 11.8. The fraction of sp³-hybridized carbons (Fsp3) is 0.455. The molecule has 0 aliphatic carbocycles. The highest BCUT2D eigenvalue weighted by atomic mass is 32.3. The molecule has 2 aliphatic rings. The monoisotopic (exact) mass is 836 g/mol. The first kappa shape index (κ1) is 43.3. The van der Waals surface area contributed by atoms with Gasteiger partial charge in [-0.3, -0.25) is 9.98 Å². The van der Waals surface area contributed by atoms with Gasteiger partial charge in [-0.1, -0.05) is 175 Å². The van der Waals surface area contributed by atoms with Gasteiger partial charge < -0.3 is 10.2 Å². The number of rotatable bonds is 24. The summed E-state index contributed by atoms with van der Waals surface area (Å²) in [4.78, 5) is 12.0. The van der Waals surface area contributed by atoms with Crippen LogP contribution >= 0.6 is 70.6 Å². The van der Waals surface area contributed by atoms with E-state index < -0.39 is 0 Å². The molecule has 290 valence electrons. The summed E-state index contributed by atoms with van der Waals surface area (Å²) < 4.78 is 5.70. The Labute approximate surface area is 350 Å². The third-order valence-corrected chi connectivity index (χ3v) is 17.9. The highest BCUT2D eigenvalue weighted by Gasteiger charge is 2.30. The number of fused-ring (bicyclic) bond motifs is 1. The molecule has 0 saturated heterocycles. The average molecular weight is 837 g/mol. The van der Waals surface area contributed by atoms with Crippen LogP contribution in [0.1, 0.15) is 128 Å². The second-order valence-electron chi connectivity index (χ2n) is 13.6. The lowest BCUT2D eigenvalue weighted by molar-refractivity contribution is 0.474. The first-order valence-corrected chi connectivity index (χ1v) is 25.1. The number of benzene rings is 3. The molecule has 54 heavy (non-hydrogen) atoms. The number of thioether (sulfide) groups is 6. The number of hydrogen-bond acceptors (Lipinski definition) is 10. The van der Waals surface area contributed by atoms with E-state index in [0.29, 0.717) is 11.1 Å². The van der Waals surface area contributed by atoms with Gasteiger partial charge in [-0.25, -0.2) is 0 Å². The van der Waals surface area contributed by atoms with Gasteiger partial charge in [-0.2, -0.15) is 0 Å². The number of unbranched alkanes of at least 4 members (excludes halogenated alkanes) is 14. The second-order valence-corrected chi connectivity index (χ2v) is 21.0. The van der Waals surface area contributed by atoms with E-state index in [1.54, 1.807) is 24.6 Å². The summed E-state index contributed by atoms with van der Waals surface area (Å²) in [5.74, 6) is 2.76. The van der Waals surface area contributed by atoms with Crippen LogP contribution in [-0.2, 0) is 0 Å². The van der Waals surface area contributed by atoms with Crippen LogP contribution < -0.4 is 0 Å². The fourth-order valence-electron chi connectivity index (χ4n) is 6.01. The van der Waals surface area contributed by atoms with Crippen molar-refractivity contribution in [3.05, 3.63) is 88.7 Å². The molecule has 0 fully saturated rings. The van der Waals surface area contributed by atoms with E-state index in [-0.39, 0.29) is 11.5 Å². The Morgan fingerprint density at radius 3 is 1.28 bits per heavy atom. The number of aliphatic imine (C=N–C) groups is 2. The minimum atomic E-state index is 0.188. The minimum Gasteiger partial charge on any atom is -0.507 e. The largest absolute Gasteiger partial charge is 0.507 e. The molecule has 0 aromatic heterocycles. The zero-order valence-electron chi connectivity index (χ0n) is 31.9. The molecule has 0 spiro atoms. The second kappa shape index (κ2) is 24.7. The number of hydrogen-bond donors (Lipinski definition) is 2. The minimum absolute atomic E-state index is 0.188. The Morgan fingerprint density at radius 2 is 0.870 bits per heavy atom. The van der Waals surface area contributed by atoms with Gasteiger partial charge in [-0.05, 0) is 60.7 Å². The Morgan fingerprint density at radius 1 is 0.500 bits per heavy atom. The summed E-state index contributed by atoms with van der Waals surface area (Å²) in [5, 5.41) is 20.8. The number of nitrogens with zero attached hydrogens (tertiary/aromatic N) is 2. The van der Waals surface area contributed by atoms with E-state index in [1.807, 2.05) is 83.4 Å². The third kappa shape index (κ3) is 14.3. The third-order valence-electron chi connectivity index (χ3n) is 9.17. The number of phenols is 2. The average Bonchev–Trinajstić information content (AvgIpc) is 3.79. The molecule has 3 aromatic rings. The first-order chi connectivity index (χ1) is 26.6. The molecule has 5 rings (SSSR count). The summed E-state index contributed by atoms with van der Waals surface area (Å²) in [6.07, 6.45) is 25.1. The Balaban J connectivity index is 1.27. The van der Waals surface area contributed by atoms with Crippen LogP contribution in [0.15, 0.2) is 97.4 Å². The SMILES string of the molecule is CCCCCCCCCCSC1=C(SCCCCCCCCCC)SC(=C2Sc3cc(N=Cc4ccccc4O)c(N=Cc4ccccc4O)cc3S2)S1. The van der Waals surface area contributed by atoms with Gasteiger partial charge in [0, 0.05) is 33.3 Å². The van der Waals surface area contributed by atoms with Crippen LogP contribution in [0.2, 0.25) is 0 Å². The molecule has 0 unspecified atom stereocenters. The Bertz CT molecular complexity index is 1630. The molecule has 2 heterocycles. The number of para-hydroxylation sites is 2. The lowest BCUT2D eigenvalue weighted by atomic mass is 10.1. The summed E-state index contributed by atoms with van der Waals surface area (Å²) in [5.41, 5.74) is 2.74. The fourth-order valence-corrected chi connectivity index (χ4v) is 14.8. The maximum Gasteiger partial charge on any atom is 0.124 e. The summed E-state index contributed by atoms with van der Waals surface area (Å²) in [6, 6.07) is 18.7. The van der Waals surface area contributed by atoms with Crippen molar-refractivity contribution in [1.82, 2.24) is 0 Å². The predicted octanol–water partition coefficient (Wildman–Crippen LogP) is 16.3. The van der Waals surface area contributed by atoms with E-state index in [4.69, 9.17) is 9.98 Å². The normalized spacial score (nSPS) is 14.4. The van der Waals surface area contributed by atoms with E-state index in [2.05, 4.69) is 49.5 Å². The maximum absolute atomic E-state index is 10.4. The molecular formula is C44H56N2O2S6. The van der Waals surface area contributed by atoms with Crippen LogP contribution in [0.4, 0.5) is 11.4 Å². The van der Waals surface area contributed by atoms with Crippen molar-refractivity contribution in [2.45, 2.75) is 126 Å². The van der Waals surface area contributed by atoms with Crippen LogP contribution in [0, 0.1) is 0 Å². The van der Waals surface area contributed by atoms with Gasteiger partial charge in [-0.15, -0.1) is 23.5 Å². The molecule has 0 saturated carbocycles. The highest BCUT2D eigenvalue weighted by molar-refractivity contribution is 8.42. The van der Waals surface area contributed by atoms with Crippen LogP contribution in [0.3, 0.4) is 0 Å². The number of phenolic OH excluding ortho intramolecular Hbond substituents is 2. The van der Waals surface area contributed by atoms with Crippen molar-refractivity contribution < 1.29 is 10.2 Å². The molecule has 2 aliphatic heterocycles. The lowest BCUT2D eigenvalue weighted by Gasteiger charge is -2.06. The highest BCUT2D eigenvalue weighted by Crippen LogP contribution is 2.65. The molecule has 0 atom stereocenters. The molecule has 0 amide bonds. The summed E-state index contributed by atoms with van der Waals surface area (Å²) in [6.45, 7) is 4.58. The quantitative estimate of drug-likeness (QED) is 0.0683. The van der Waals surface area contributed by atoms with Crippen LogP contribution in [0.5, 0.6) is 11.5 Å². The molecular weight excluding hydrogens is 781 g/mol. The summed E-state index contributed by atoms with van der Waals surface area (Å²) in [7, 11) is 0. The predicted molar refractivity (Wildman–Crippen MR) is 248 cm³/mol. The molecule has 0 bridgehead atoms. The Hall–Kier alpha value is -1.82. The molecule has 10 heteroatoms. The van der Waals surface area contributed by atoms with Gasteiger partial charge >= 0.3 is 0 Å². The zero-order chi connectivity index (χ0) is 37.8. The first-order valence-electron chi connectivity index (χ1n) is 19.8. The van der Waals surface area contributed by atoms with Crippen molar-refractivity contribution in [1.29, 1.82) is 0 Å². The van der Waals surface area contributed by atoms with E-state index >= 15 is 0 Å². The van der Waals surface area contributed by atoms with Crippen molar-refractivity contribution >= 4 is 94.4 Å². The van der Waals surface area contributed by atoms with Gasteiger partial charge in [0.15, 0.2) is 0 Å².